The van der Waals surface area contributed by atoms with Gasteiger partial charge < -0.3 is 20.1 Å². The molecule has 0 spiro atoms. The van der Waals surface area contributed by atoms with Crippen LogP contribution >= 0.6 is 0 Å². The maximum Gasteiger partial charge on any atom is 0.407 e. The van der Waals surface area contributed by atoms with E-state index < -0.39 is 17.5 Å². The highest BCUT2D eigenvalue weighted by Crippen LogP contribution is 2.44. The second-order valence-corrected chi connectivity index (χ2v) is 9.71. The highest BCUT2D eigenvalue weighted by Gasteiger charge is 2.47. The topological polar surface area (TPSA) is 95.9 Å². The summed E-state index contributed by atoms with van der Waals surface area (Å²) in [7, 11) is 0. The number of fused-ring (bicyclic) bond motifs is 3. The molecule has 35 heavy (non-hydrogen) atoms. The number of amides is 2. The first kappa shape index (κ1) is 24.8. The summed E-state index contributed by atoms with van der Waals surface area (Å²) in [6, 6.07) is 16.1. The van der Waals surface area contributed by atoms with Crippen molar-refractivity contribution in [1.29, 1.82) is 0 Å². The Morgan fingerprint density at radius 2 is 1.71 bits per heavy atom. The number of hydrogen-bond donors (Lipinski definition) is 2. The monoisotopic (exact) mass is 478 g/mol. The first-order chi connectivity index (χ1) is 16.8. The summed E-state index contributed by atoms with van der Waals surface area (Å²) in [4.78, 5) is 38.8. The third-order valence-electron chi connectivity index (χ3n) is 7.57. The summed E-state index contributed by atoms with van der Waals surface area (Å²) < 4.78 is 5.71. The van der Waals surface area contributed by atoms with Gasteiger partial charge in [0.1, 0.15) is 6.61 Å². The van der Waals surface area contributed by atoms with E-state index in [1.54, 1.807) is 4.90 Å². The Hall–Kier alpha value is -3.35. The number of carbonyl (C=O) groups excluding carboxylic acids is 2. The summed E-state index contributed by atoms with van der Waals surface area (Å²) >= 11 is 0. The fourth-order valence-electron chi connectivity index (χ4n) is 5.62. The number of nitrogens with one attached hydrogen (secondary N) is 1. The van der Waals surface area contributed by atoms with Crippen molar-refractivity contribution in [3.8, 4) is 11.1 Å². The molecule has 7 heteroatoms. The molecule has 0 aliphatic heterocycles. The average Bonchev–Trinajstić information content (AvgIpc) is 3.38. The van der Waals surface area contributed by atoms with Gasteiger partial charge in [0.25, 0.3) is 0 Å². The van der Waals surface area contributed by atoms with Crippen LogP contribution in [0, 0.1) is 5.41 Å². The molecule has 2 aliphatic rings. The van der Waals surface area contributed by atoms with Gasteiger partial charge in [0, 0.05) is 31.5 Å². The third kappa shape index (κ3) is 5.04. The number of carboxylic acids is 1. The Morgan fingerprint density at radius 3 is 2.31 bits per heavy atom. The molecule has 0 heterocycles. The van der Waals surface area contributed by atoms with Crippen LogP contribution in [0.25, 0.3) is 11.1 Å². The zero-order valence-electron chi connectivity index (χ0n) is 20.5. The largest absolute Gasteiger partial charge is 0.481 e. The van der Waals surface area contributed by atoms with Gasteiger partial charge in [0.2, 0.25) is 5.91 Å². The van der Waals surface area contributed by atoms with E-state index in [0.29, 0.717) is 32.4 Å². The standard InChI is InChI=1S/C28H34N2O5/c1-3-30(17-9-15-25(31)32)26(33)28(2)16-8-14-24(28)29-27(34)35-18-23-21-12-6-4-10-19(21)20-11-5-7-13-22(20)23/h4-7,10-13,23-24H,3,8-9,14-18H2,1-2H3,(H,29,34)(H,31,32). The minimum absolute atomic E-state index is 0.0189. The molecule has 2 amide bonds. The maximum absolute atomic E-state index is 13.4. The van der Waals surface area contributed by atoms with Gasteiger partial charge in [-0.1, -0.05) is 55.0 Å². The van der Waals surface area contributed by atoms with Crippen LogP contribution in [0.3, 0.4) is 0 Å². The Labute approximate surface area is 206 Å². The Balaban J connectivity index is 1.39. The first-order valence-electron chi connectivity index (χ1n) is 12.5. The van der Waals surface area contributed by atoms with Gasteiger partial charge in [-0.3, -0.25) is 9.59 Å². The van der Waals surface area contributed by atoms with Crippen LogP contribution in [0.15, 0.2) is 48.5 Å². The molecule has 2 aromatic rings. The van der Waals surface area contributed by atoms with E-state index in [2.05, 4.69) is 29.6 Å². The molecule has 0 radical (unpaired) electrons. The number of aliphatic carboxylic acids is 1. The zero-order chi connectivity index (χ0) is 25.0. The van der Waals surface area contributed by atoms with Crippen LogP contribution in [-0.2, 0) is 14.3 Å². The number of carbonyl (C=O) groups is 3. The summed E-state index contributed by atoms with van der Waals surface area (Å²) in [6.45, 7) is 4.93. The van der Waals surface area contributed by atoms with Crippen LogP contribution in [0.2, 0.25) is 0 Å². The van der Waals surface area contributed by atoms with Gasteiger partial charge in [-0.15, -0.1) is 0 Å². The molecule has 2 N–H and O–H groups in total. The third-order valence-corrected chi connectivity index (χ3v) is 7.57. The highest BCUT2D eigenvalue weighted by molar-refractivity contribution is 5.84. The van der Waals surface area contributed by atoms with E-state index in [-0.39, 0.29) is 30.9 Å². The van der Waals surface area contributed by atoms with Crippen LogP contribution < -0.4 is 5.32 Å². The van der Waals surface area contributed by atoms with Crippen LogP contribution in [0.1, 0.15) is 63.0 Å². The maximum atomic E-state index is 13.4. The summed E-state index contributed by atoms with van der Waals surface area (Å²) in [5, 5.41) is 11.9. The van der Waals surface area contributed by atoms with Gasteiger partial charge in [0.05, 0.1) is 5.41 Å². The van der Waals surface area contributed by atoms with Crippen LogP contribution in [0.4, 0.5) is 4.79 Å². The zero-order valence-corrected chi connectivity index (χ0v) is 20.5. The molecule has 2 atom stereocenters. The number of ether oxygens (including phenoxy) is 1. The lowest BCUT2D eigenvalue weighted by Gasteiger charge is -2.35. The quantitative estimate of drug-likeness (QED) is 0.540. The predicted octanol–water partition coefficient (Wildman–Crippen LogP) is 4.80. The highest BCUT2D eigenvalue weighted by atomic mass is 16.5. The normalized spacial score (nSPS) is 20.7. The van der Waals surface area contributed by atoms with Crippen LogP contribution in [-0.4, -0.2) is 53.7 Å². The minimum atomic E-state index is -0.865. The molecular weight excluding hydrogens is 444 g/mol. The van der Waals surface area contributed by atoms with E-state index in [9.17, 15) is 14.4 Å². The number of benzene rings is 2. The fraction of sp³-hybridized carbons (Fsp3) is 0.464. The molecule has 7 nitrogen and oxygen atoms in total. The number of nitrogens with zero attached hydrogens (tertiary/aromatic N) is 1. The fourth-order valence-corrected chi connectivity index (χ4v) is 5.62. The molecule has 0 bridgehead atoms. The summed E-state index contributed by atoms with van der Waals surface area (Å²) in [5.41, 5.74) is 3.93. The molecular formula is C28H34N2O5. The smallest absolute Gasteiger partial charge is 0.407 e. The molecule has 0 saturated heterocycles. The van der Waals surface area contributed by atoms with Gasteiger partial charge in [-0.25, -0.2) is 4.79 Å². The van der Waals surface area contributed by atoms with Crippen molar-refractivity contribution in [2.24, 2.45) is 5.41 Å². The molecule has 1 saturated carbocycles. The van der Waals surface area contributed by atoms with Crippen molar-refractivity contribution in [1.82, 2.24) is 10.2 Å². The first-order valence-corrected chi connectivity index (χ1v) is 12.5. The number of alkyl carbamates (subject to hydrolysis) is 1. The van der Waals surface area contributed by atoms with Gasteiger partial charge in [0.15, 0.2) is 0 Å². The van der Waals surface area contributed by atoms with E-state index >= 15 is 0 Å². The van der Waals surface area contributed by atoms with Gasteiger partial charge in [-0.2, -0.15) is 0 Å². The lowest BCUT2D eigenvalue weighted by molar-refractivity contribution is -0.143. The van der Waals surface area contributed by atoms with E-state index in [1.807, 2.05) is 38.1 Å². The van der Waals surface area contributed by atoms with E-state index in [0.717, 1.165) is 17.5 Å². The lowest BCUT2D eigenvalue weighted by atomic mass is 9.83. The molecule has 2 aromatic carbocycles. The molecule has 0 aromatic heterocycles. The summed E-state index contributed by atoms with van der Waals surface area (Å²) in [6.07, 6.45) is 2.15. The second-order valence-electron chi connectivity index (χ2n) is 9.71. The van der Waals surface area contributed by atoms with E-state index in [4.69, 9.17) is 9.84 Å². The Morgan fingerprint density at radius 1 is 1.09 bits per heavy atom. The number of hydrogen-bond acceptors (Lipinski definition) is 4. The van der Waals surface area contributed by atoms with Gasteiger partial charge in [-0.05, 0) is 55.4 Å². The van der Waals surface area contributed by atoms with Crippen molar-refractivity contribution in [3.05, 3.63) is 59.7 Å². The average molecular weight is 479 g/mol. The Bertz CT molecular complexity index is 1050. The predicted molar refractivity (Wildman–Crippen MR) is 133 cm³/mol. The number of rotatable bonds is 9. The molecule has 2 aliphatic carbocycles. The minimum Gasteiger partial charge on any atom is -0.481 e. The lowest BCUT2D eigenvalue weighted by Crippen LogP contribution is -2.52. The molecule has 4 rings (SSSR count). The Kier molecular flexibility index (Phi) is 7.43. The summed E-state index contributed by atoms with van der Waals surface area (Å²) in [5.74, 6) is -0.920. The van der Waals surface area contributed by atoms with Crippen molar-refractivity contribution in [3.63, 3.8) is 0 Å². The van der Waals surface area contributed by atoms with Crippen LogP contribution in [0.5, 0.6) is 0 Å². The van der Waals surface area contributed by atoms with Crippen molar-refractivity contribution >= 4 is 18.0 Å². The second kappa shape index (κ2) is 10.5. The van der Waals surface area contributed by atoms with Gasteiger partial charge >= 0.3 is 12.1 Å². The number of carboxylic acid groups (broad SMARTS) is 1. The molecule has 2 unspecified atom stereocenters. The van der Waals surface area contributed by atoms with E-state index in [1.165, 1.54) is 11.1 Å². The molecule has 1 fully saturated rings. The van der Waals surface area contributed by atoms with Crippen molar-refractivity contribution in [2.45, 2.75) is 57.9 Å². The SMILES string of the molecule is CCN(CCCC(=O)O)C(=O)C1(C)CCCC1NC(=O)OCC1c2ccccc2-c2ccccc21. The molecule has 186 valence electrons. The van der Waals surface area contributed by atoms with Crippen molar-refractivity contribution in [2.75, 3.05) is 19.7 Å². The van der Waals surface area contributed by atoms with Crippen molar-refractivity contribution < 1.29 is 24.2 Å².